The summed E-state index contributed by atoms with van der Waals surface area (Å²) in [6.07, 6.45) is 0. The average molecular weight is 376 g/mol. The Labute approximate surface area is 154 Å². The maximum Gasteiger partial charge on any atom is 0.267 e. The molecule has 3 aromatic rings. The Morgan fingerprint density at radius 2 is 1.96 bits per heavy atom. The van der Waals surface area contributed by atoms with Crippen LogP contribution < -0.4 is 15.8 Å². The van der Waals surface area contributed by atoms with Gasteiger partial charge in [-0.2, -0.15) is 0 Å². The summed E-state index contributed by atoms with van der Waals surface area (Å²) in [7, 11) is 0. The Morgan fingerprint density at radius 3 is 2.64 bits per heavy atom. The van der Waals surface area contributed by atoms with Crippen LogP contribution in [0.3, 0.4) is 0 Å². The third-order valence-electron chi connectivity index (χ3n) is 3.69. The lowest BCUT2D eigenvalue weighted by Crippen LogP contribution is -2.42. The predicted octanol–water partition coefficient (Wildman–Crippen LogP) is 4.64. The van der Waals surface area contributed by atoms with E-state index in [0.29, 0.717) is 21.6 Å². The van der Waals surface area contributed by atoms with Gasteiger partial charge in [-0.3, -0.25) is 4.79 Å². The number of nitrogens with two attached hydrogens (primary N) is 1. The first kappa shape index (κ1) is 17.5. The van der Waals surface area contributed by atoms with Crippen molar-refractivity contribution < 1.29 is 9.53 Å². The van der Waals surface area contributed by atoms with Gasteiger partial charge in [0.1, 0.15) is 5.75 Å². The Balaban J connectivity index is 1.79. The van der Waals surface area contributed by atoms with E-state index in [1.807, 2.05) is 19.1 Å². The molecule has 2 aromatic carbocycles. The highest BCUT2D eigenvalue weighted by molar-refractivity contribution is 7.22. The van der Waals surface area contributed by atoms with E-state index in [9.17, 15) is 4.79 Å². The van der Waals surface area contributed by atoms with Gasteiger partial charge < -0.3 is 15.8 Å². The Hall–Kier alpha value is -2.31. The molecule has 0 bridgehead atoms. The lowest BCUT2D eigenvalue weighted by atomic mass is 10.1. The van der Waals surface area contributed by atoms with E-state index in [4.69, 9.17) is 22.1 Å². The highest BCUT2D eigenvalue weighted by Gasteiger charge is 2.30. The zero-order chi connectivity index (χ0) is 18.2. The number of thiazole rings is 1. The van der Waals surface area contributed by atoms with Crippen molar-refractivity contribution in [3.63, 3.8) is 0 Å². The normalized spacial score (nSPS) is 11.5. The minimum Gasteiger partial charge on any atom is -0.478 e. The number of nitrogen functional groups attached to an aromatic ring is 1. The highest BCUT2D eigenvalue weighted by atomic mass is 35.5. The van der Waals surface area contributed by atoms with Crippen LogP contribution >= 0.6 is 22.9 Å². The number of aromatic nitrogens is 1. The van der Waals surface area contributed by atoms with Crippen LogP contribution in [0.1, 0.15) is 19.4 Å². The van der Waals surface area contributed by atoms with Crippen molar-refractivity contribution in [2.75, 3.05) is 11.1 Å². The molecule has 3 N–H and O–H groups in total. The SMILES string of the molecule is Cc1cc(NC(=O)C(C)(C)Oc2ccc(Cl)cc2)cc2sc(N)nc12. The van der Waals surface area contributed by atoms with Gasteiger partial charge in [0, 0.05) is 10.7 Å². The number of amides is 1. The minimum atomic E-state index is -1.05. The quantitative estimate of drug-likeness (QED) is 0.696. The second-order valence-electron chi connectivity index (χ2n) is 6.21. The van der Waals surface area contributed by atoms with Crippen LogP contribution in [-0.4, -0.2) is 16.5 Å². The molecule has 0 saturated carbocycles. The number of benzene rings is 2. The van der Waals surface area contributed by atoms with Crippen LogP contribution in [0.25, 0.3) is 10.2 Å². The van der Waals surface area contributed by atoms with E-state index in [1.165, 1.54) is 11.3 Å². The van der Waals surface area contributed by atoms with E-state index in [0.717, 1.165) is 15.8 Å². The standard InChI is InChI=1S/C18H18ClN3O2S/c1-10-8-12(9-14-15(10)22-17(20)25-14)21-16(23)18(2,3)24-13-6-4-11(19)5-7-13/h4-9H,1-3H3,(H2,20,22)(H,21,23). The molecule has 0 aliphatic rings. The monoisotopic (exact) mass is 375 g/mol. The fourth-order valence-corrected chi connectivity index (χ4v) is 3.39. The van der Waals surface area contributed by atoms with E-state index < -0.39 is 5.60 Å². The van der Waals surface area contributed by atoms with Crippen molar-refractivity contribution in [3.05, 3.63) is 47.0 Å². The number of carbonyl (C=O) groups excluding carboxylic acids is 1. The number of hydrogen-bond donors (Lipinski definition) is 2. The molecule has 1 heterocycles. The number of rotatable bonds is 4. The molecule has 130 valence electrons. The maximum atomic E-state index is 12.7. The van der Waals surface area contributed by atoms with Crippen LogP contribution in [0.4, 0.5) is 10.8 Å². The first-order valence-corrected chi connectivity index (χ1v) is 8.87. The molecule has 3 rings (SSSR count). The van der Waals surface area contributed by atoms with Gasteiger partial charge in [-0.15, -0.1) is 0 Å². The maximum absolute atomic E-state index is 12.7. The summed E-state index contributed by atoms with van der Waals surface area (Å²) in [6, 6.07) is 10.6. The lowest BCUT2D eigenvalue weighted by Gasteiger charge is -2.25. The number of nitrogens with one attached hydrogen (secondary N) is 1. The van der Waals surface area contributed by atoms with Crippen molar-refractivity contribution >= 4 is 49.9 Å². The summed E-state index contributed by atoms with van der Waals surface area (Å²) < 4.78 is 6.75. The second-order valence-corrected chi connectivity index (χ2v) is 7.71. The number of hydrogen-bond acceptors (Lipinski definition) is 5. The van der Waals surface area contributed by atoms with Crippen molar-refractivity contribution in [2.45, 2.75) is 26.4 Å². The van der Waals surface area contributed by atoms with Gasteiger partial charge in [0.2, 0.25) is 0 Å². The summed E-state index contributed by atoms with van der Waals surface area (Å²) in [5.74, 6) is 0.324. The molecule has 5 nitrogen and oxygen atoms in total. The zero-order valence-corrected chi connectivity index (χ0v) is 15.7. The fourth-order valence-electron chi connectivity index (χ4n) is 2.41. The van der Waals surface area contributed by atoms with Crippen molar-refractivity contribution in [2.24, 2.45) is 0 Å². The molecule has 7 heteroatoms. The lowest BCUT2D eigenvalue weighted by molar-refractivity contribution is -0.128. The largest absolute Gasteiger partial charge is 0.478 e. The molecule has 0 spiro atoms. The molecular weight excluding hydrogens is 358 g/mol. The number of carbonyl (C=O) groups is 1. The first-order valence-electron chi connectivity index (χ1n) is 7.67. The van der Waals surface area contributed by atoms with Gasteiger partial charge in [-0.05, 0) is 62.7 Å². The number of ether oxygens (including phenoxy) is 1. The highest BCUT2D eigenvalue weighted by Crippen LogP contribution is 2.30. The molecule has 1 aromatic heterocycles. The number of aryl methyl sites for hydroxylation is 1. The van der Waals surface area contributed by atoms with Gasteiger partial charge in [-0.1, -0.05) is 22.9 Å². The molecule has 0 unspecified atom stereocenters. The van der Waals surface area contributed by atoms with Crippen LogP contribution in [0.2, 0.25) is 5.02 Å². The minimum absolute atomic E-state index is 0.251. The summed E-state index contributed by atoms with van der Waals surface area (Å²) in [5, 5.41) is 4.02. The van der Waals surface area contributed by atoms with Crippen LogP contribution in [0.15, 0.2) is 36.4 Å². The summed E-state index contributed by atoms with van der Waals surface area (Å²) in [4.78, 5) is 17.0. The molecule has 0 aliphatic carbocycles. The Kier molecular flexibility index (Phi) is 4.58. The number of anilines is 2. The summed E-state index contributed by atoms with van der Waals surface area (Å²) >= 11 is 7.26. The van der Waals surface area contributed by atoms with Gasteiger partial charge >= 0.3 is 0 Å². The van der Waals surface area contributed by atoms with Crippen molar-refractivity contribution in [1.82, 2.24) is 4.98 Å². The molecule has 0 fully saturated rings. The average Bonchev–Trinajstić information content (AvgIpc) is 2.90. The van der Waals surface area contributed by atoms with Crippen LogP contribution in [0.5, 0.6) is 5.75 Å². The van der Waals surface area contributed by atoms with Crippen molar-refractivity contribution in [1.29, 1.82) is 0 Å². The molecule has 25 heavy (non-hydrogen) atoms. The Morgan fingerprint density at radius 1 is 1.28 bits per heavy atom. The third-order valence-corrected chi connectivity index (χ3v) is 4.78. The first-order chi connectivity index (χ1) is 11.7. The van der Waals surface area contributed by atoms with Gasteiger partial charge in [0.25, 0.3) is 5.91 Å². The van der Waals surface area contributed by atoms with Crippen LogP contribution in [0, 0.1) is 6.92 Å². The van der Waals surface area contributed by atoms with E-state index >= 15 is 0 Å². The molecule has 1 amide bonds. The topological polar surface area (TPSA) is 77.2 Å². The second kappa shape index (κ2) is 6.54. The number of nitrogens with zero attached hydrogens (tertiary/aromatic N) is 1. The molecule has 0 atom stereocenters. The summed E-state index contributed by atoms with van der Waals surface area (Å²) in [5.41, 5.74) is 7.22. The van der Waals surface area contributed by atoms with E-state index in [2.05, 4.69) is 10.3 Å². The van der Waals surface area contributed by atoms with Gasteiger partial charge in [0.15, 0.2) is 10.7 Å². The van der Waals surface area contributed by atoms with E-state index in [1.54, 1.807) is 38.1 Å². The van der Waals surface area contributed by atoms with Crippen molar-refractivity contribution in [3.8, 4) is 5.75 Å². The zero-order valence-electron chi connectivity index (χ0n) is 14.1. The number of halogens is 1. The predicted molar refractivity (Wildman–Crippen MR) is 104 cm³/mol. The molecular formula is C18H18ClN3O2S. The summed E-state index contributed by atoms with van der Waals surface area (Å²) in [6.45, 7) is 5.37. The fraction of sp³-hybridized carbons (Fsp3) is 0.222. The van der Waals surface area contributed by atoms with Gasteiger partial charge in [0.05, 0.1) is 10.2 Å². The molecule has 0 aliphatic heterocycles. The van der Waals surface area contributed by atoms with Gasteiger partial charge in [-0.25, -0.2) is 4.98 Å². The third kappa shape index (κ3) is 3.86. The van der Waals surface area contributed by atoms with E-state index in [-0.39, 0.29) is 5.91 Å². The van der Waals surface area contributed by atoms with Crippen LogP contribution in [-0.2, 0) is 4.79 Å². The molecule has 0 saturated heterocycles. The number of fused-ring (bicyclic) bond motifs is 1. The smallest absolute Gasteiger partial charge is 0.267 e. The Bertz CT molecular complexity index is 935. The molecule has 0 radical (unpaired) electrons.